The van der Waals surface area contributed by atoms with Crippen molar-refractivity contribution in [1.29, 1.82) is 0 Å². The number of rotatable bonds is 3. The fourth-order valence-electron chi connectivity index (χ4n) is 1.05. The van der Waals surface area contributed by atoms with Crippen molar-refractivity contribution in [2.45, 2.75) is 6.92 Å². The van der Waals surface area contributed by atoms with Crippen LogP contribution in [0.4, 0.5) is 0 Å². The van der Waals surface area contributed by atoms with E-state index in [1.807, 2.05) is 43.3 Å². The Kier molecular flexibility index (Phi) is 4.50. The van der Waals surface area contributed by atoms with E-state index in [0.29, 0.717) is 0 Å². The van der Waals surface area contributed by atoms with E-state index < -0.39 is 0 Å². The van der Waals surface area contributed by atoms with Gasteiger partial charge >= 0.3 is 0 Å². The van der Waals surface area contributed by atoms with Gasteiger partial charge in [0.1, 0.15) is 0 Å². The van der Waals surface area contributed by atoms with Crippen molar-refractivity contribution < 1.29 is 0 Å². The van der Waals surface area contributed by atoms with Crippen LogP contribution in [0.5, 0.6) is 0 Å². The maximum Gasteiger partial charge on any atom is 0.184 e. The summed E-state index contributed by atoms with van der Waals surface area (Å²) in [6, 6.07) is 10.1. The van der Waals surface area contributed by atoms with Gasteiger partial charge in [0.2, 0.25) is 0 Å². The monoisotopic (exact) mass is 219 g/mol. The molecule has 0 unspecified atom stereocenters. The predicted molar refractivity (Wildman–Crippen MR) is 68.5 cm³/mol. The number of nitrogens with one attached hydrogen (secondary N) is 1. The minimum Gasteiger partial charge on any atom is -0.375 e. The SMILES string of the molecule is C/C(=C\C=N\NC(N)=S)c1ccccc1. The average molecular weight is 219 g/mol. The van der Waals surface area contributed by atoms with Crippen LogP contribution in [0.3, 0.4) is 0 Å². The van der Waals surface area contributed by atoms with Crippen molar-refractivity contribution in [3.63, 3.8) is 0 Å². The zero-order valence-corrected chi connectivity index (χ0v) is 9.29. The first-order valence-electron chi connectivity index (χ1n) is 4.51. The molecule has 0 fully saturated rings. The molecule has 0 bridgehead atoms. The smallest absolute Gasteiger partial charge is 0.184 e. The van der Waals surface area contributed by atoms with Crippen molar-refractivity contribution in [3.05, 3.63) is 42.0 Å². The Morgan fingerprint density at radius 3 is 2.67 bits per heavy atom. The highest BCUT2D eigenvalue weighted by atomic mass is 32.1. The molecule has 1 aromatic rings. The zero-order chi connectivity index (χ0) is 11.1. The molecule has 0 aromatic heterocycles. The van der Waals surface area contributed by atoms with E-state index in [2.05, 4.69) is 22.7 Å². The Labute approximate surface area is 94.7 Å². The lowest BCUT2D eigenvalue weighted by Gasteiger charge is -1.98. The van der Waals surface area contributed by atoms with Crippen LogP contribution in [0.2, 0.25) is 0 Å². The number of hydrazone groups is 1. The molecule has 0 amide bonds. The summed E-state index contributed by atoms with van der Waals surface area (Å²) in [5.41, 5.74) is 9.99. The average Bonchev–Trinajstić information content (AvgIpc) is 2.25. The molecule has 1 aromatic carbocycles. The van der Waals surface area contributed by atoms with Gasteiger partial charge in [-0.1, -0.05) is 30.3 Å². The molecule has 0 heterocycles. The Balaban J connectivity index is 2.61. The first kappa shape index (κ1) is 11.4. The van der Waals surface area contributed by atoms with Crippen molar-refractivity contribution in [2.75, 3.05) is 0 Å². The van der Waals surface area contributed by atoms with Crippen LogP contribution in [0.1, 0.15) is 12.5 Å². The molecule has 3 N–H and O–H groups in total. The first-order chi connectivity index (χ1) is 7.20. The summed E-state index contributed by atoms with van der Waals surface area (Å²) in [5, 5.41) is 3.98. The number of thiocarbonyl (C=S) groups is 1. The lowest BCUT2D eigenvalue weighted by atomic mass is 10.1. The molecule has 78 valence electrons. The third-order valence-electron chi connectivity index (χ3n) is 1.80. The first-order valence-corrected chi connectivity index (χ1v) is 4.92. The standard InChI is InChI=1S/C11H13N3S/c1-9(7-8-13-14-11(12)15)10-5-3-2-4-6-10/h2-8H,1H3,(H3,12,14,15)/b9-7+,13-8+. The van der Waals surface area contributed by atoms with E-state index in [1.54, 1.807) is 6.21 Å². The van der Waals surface area contributed by atoms with E-state index in [-0.39, 0.29) is 5.11 Å². The van der Waals surface area contributed by atoms with Gasteiger partial charge in [0.15, 0.2) is 5.11 Å². The van der Waals surface area contributed by atoms with E-state index in [1.165, 1.54) is 5.56 Å². The van der Waals surface area contributed by atoms with Gasteiger partial charge in [0.05, 0.1) is 0 Å². The van der Waals surface area contributed by atoms with E-state index >= 15 is 0 Å². The number of benzene rings is 1. The number of nitrogens with zero attached hydrogens (tertiary/aromatic N) is 1. The third-order valence-corrected chi connectivity index (χ3v) is 1.89. The molecule has 0 aliphatic rings. The van der Waals surface area contributed by atoms with Gasteiger partial charge in [-0.2, -0.15) is 5.10 Å². The Morgan fingerprint density at radius 1 is 1.40 bits per heavy atom. The van der Waals surface area contributed by atoms with Crippen LogP contribution in [0, 0.1) is 0 Å². The molecule has 0 saturated heterocycles. The largest absolute Gasteiger partial charge is 0.375 e. The molecule has 3 nitrogen and oxygen atoms in total. The highest BCUT2D eigenvalue weighted by Gasteiger charge is 1.90. The summed E-state index contributed by atoms with van der Waals surface area (Å²) < 4.78 is 0. The summed E-state index contributed by atoms with van der Waals surface area (Å²) in [5.74, 6) is 0. The summed E-state index contributed by atoms with van der Waals surface area (Å²) in [4.78, 5) is 0. The predicted octanol–water partition coefficient (Wildman–Crippen LogP) is 1.91. The van der Waals surface area contributed by atoms with E-state index in [9.17, 15) is 0 Å². The van der Waals surface area contributed by atoms with Crippen LogP contribution >= 0.6 is 12.2 Å². The van der Waals surface area contributed by atoms with Crippen molar-refractivity contribution in [2.24, 2.45) is 10.8 Å². The molecule has 0 spiro atoms. The highest BCUT2D eigenvalue weighted by Crippen LogP contribution is 2.11. The number of hydrogen-bond donors (Lipinski definition) is 2. The van der Waals surface area contributed by atoms with Gasteiger partial charge in [-0.3, -0.25) is 5.43 Å². The molecule has 0 saturated carbocycles. The lowest BCUT2D eigenvalue weighted by Crippen LogP contribution is -2.23. The van der Waals surface area contributed by atoms with E-state index in [4.69, 9.17) is 5.73 Å². The normalized spacial score (nSPS) is 11.7. The van der Waals surface area contributed by atoms with Crippen LogP contribution in [0.25, 0.3) is 5.57 Å². The van der Waals surface area contributed by atoms with Gasteiger partial charge in [-0.25, -0.2) is 0 Å². The molecule has 1 rings (SSSR count). The third kappa shape index (κ3) is 4.37. The molecular weight excluding hydrogens is 206 g/mol. The second kappa shape index (κ2) is 5.93. The van der Waals surface area contributed by atoms with Crippen LogP contribution in [-0.2, 0) is 0 Å². The van der Waals surface area contributed by atoms with Crippen molar-refractivity contribution in [3.8, 4) is 0 Å². The minimum atomic E-state index is 0.164. The number of hydrogen-bond acceptors (Lipinski definition) is 2. The maximum atomic E-state index is 5.21. The molecule has 0 aliphatic carbocycles. The molecule has 0 radical (unpaired) electrons. The van der Waals surface area contributed by atoms with Crippen LogP contribution in [-0.4, -0.2) is 11.3 Å². The fourth-order valence-corrected chi connectivity index (χ4v) is 1.10. The Morgan fingerprint density at radius 2 is 2.07 bits per heavy atom. The second-order valence-electron chi connectivity index (χ2n) is 2.97. The molecule has 15 heavy (non-hydrogen) atoms. The zero-order valence-electron chi connectivity index (χ0n) is 8.47. The fraction of sp³-hybridized carbons (Fsp3) is 0.0909. The van der Waals surface area contributed by atoms with Gasteiger partial charge in [-0.05, 0) is 36.4 Å². The van der Waals surface area contributed by atoms with Gasteiger partial charge in [-0.15, -0.1) is 0 Å². The minimum absolute atomic E-state index is 0.164. The number of nitrogens with two attached hydrogens (primary N) is 1. The van der Waals surface area contributed by atoms with Gasteiger partial charge < -0.3 is 5.73 Å². The summed E-state index contributed by atoms with van der Waals surface area (Å²) >= 11 is 4.60. The lowest BCUT2D eigenvalue weighted by molar-refractivity contribution is 1.04. The highest BCUT2D eigenvalue weighted by molar-refractivity contribution is 7.80. The number of allylic oxidation sites excluding steroid dienone is 2. The van der Waals surface area contributed by atoms with Crippen molar-refractivity contribution in [1.82, 2.24) is 5.43 Å². The summed E-state index contributed by atoms with van der Waals surface area (Å²) in [7, 11) is 0. The maximum absolute atomic E-state index is 5.21. The molecule has 4 heteroatoms. The molecule has 0 atom stereocenters. The van der Waals surface area contributed by atoms with Crippen molar-refractivity contribution >= 4 is 29.1 Å². The van der Waals surface area contributed by atoms with Crippen LogP contribution < -0.4 is 11.2 Å². The molecular formula is C11H13N3S. The van der Waals surface area contributed by atoms with Gasteiger partial charge in [0.25, 0.3) is 0 Å². The van der Waals surface area contributed by atoms with Crippen LogP contribution in [0.15, 0.2) is 41.5 Å². The summed E-state index contributed by atoms with van der Waals surface area (Å²) in [6.07, 6.45) is 3.52. The quantitative estimate of drug-likeness (QED) is 0.464. The second-order valence-corrected chi connectivity index (χ2v) is 3.41. The topological polar surface area (TPSA) is 50.4 Å². The Hall–Kier alpha value is -1.68. The van der Waals surface area contributed by atoms with E-state index in [0.717, 1.165) is 5.57 Å². The van der Waals surface area contributed by atoms with Gasteiger partial charge in [0, 0.05) is 6.21 Å². The molecule has 0 aliphatic heterocycles. The Bertz CT molecular complexity index is 382. The summed E-state index contributed by atoms with van der Waals surface area (Å²) in [6.45, 7) is 2.02.